The molecule has 2 saturated heterocycles. The Bertz CT molecular complexity index is 552. The summed E-state index contributed by atoms with van der Waals surface area (Å²) in [7, 11) is 0. The van der Waals surface area contributed by atoms with Crippen molar-refractivity contribution in [3.63, 3.8) is 0 Å². The Balaban J connectivity index is 1.53. The fraction of sp³-hybridized carbons (Fsp3) is 0.667. The minimum absolute atomic E-state index is 0.338. The van der Waals surface area contributed by atoms with Crippen molar-refractivity contribution in [2.75, 3.05) is 37.6 Å². The smallest absolute Gasteiger partial charge is 0.146 e. The van der Waals surface area contributed by atoms with E-state index in [1.807, 2.05) is 12.1 Å². The van der Waals surface area contributed by atoms with Crippen LogP contribution in [0, 0.1) is 17.2 Å². The fourth-order valence-corrected chi connectivity index (χ4v) is 3.86. The molecule has 5 heteroatoms. The minimum atomic E-state index is 0.338. The van der Waals surface area contributed by atoms with Crippen LogP contribution in [0.2, 0.25) is 0 Å². The maximum Gasteiger partial charge on any atom is 0.146 e. The Hall–Kier alpha value is -1.64. The molecule has 1 aromatic rings. The van der Waals surface area contributed by atoms with Gasteiger partial charge in [0.15, 0.2) is 0 Å². The highest BCUT2D eigenvalue weighted by Gasteiger charge is 2.27. The fourth-order valence-electron chi connectivity index (χ4n) is 3.86. The summed E-state index contributed by atoms with van der Waals surface area (Å²) in [6, 6.07) is 5.93. The van der Waals surface area contributed by atoms with E-state index in [0.717, 1.165) is 37.9 Å². The van der Waals surface area contributed by atoms with Crippen molar-refractivity contribution in [1.82, 2.24) is 9.88 Å². The molecule has 2 unspecified atom stereocenters. The average molecular weight is 314 g/mol. The number of hydrogen-bond acceptors (Lipinski definition) is 5. The lowest BCUT2D eigenvalue weighted by Gasteiger charge is -2.39. The zero-order valence-electron chi connectivity index (χ0n) is 14.1. The number of piperidine rings is 1. The molecule has 5 nitrogen and oxygen atoms in total. The van der Waals surface area contributed by atoms with Crippen LogP contribution in [-0.4, -0.2) is 54.8 Å². The molecule has 0 bridgehead atoms. The lowest BCUT2D eigenvalue weighted by molar-refractivity contribution is -0.0720. The molecule has 0 N–H and O–H groups in total. The summed E-state index contributed by atoms with van der Waals surface area (Å²) in [6.45, 7) is 9.56. The highest BCUT2D eigenvalue weighted by atomic mass is 16.5. The van der Waals surface area contributed by atoms with E-state index >= 15 is 0 Å². The van der Waals surface area contributed by atoms with E-state index in [2.05, 4.69) is 34.7 Å². The monoisotopic (exact) mass is 314 g/mol. The summed E-state index contributed by atoms with van der Waals surface area (Å²) in [6.07, 6.45) is 4.79. The van der Waals surface area contributed by atoms with Crippen LogP contribution in [-0.2, 0) is 4.74 Å². The Morgan fingerprint density at radius 2 is 1.96 bits per heavy atom. The van der Waals surface area contributed by atoms with Crippen LogP contribution in [0.3, 0.4) is 0 Å². The largest absolute Gasteiger partial charge is 0.373 e. The van der Waals surface area contributed by atoms with Gasteiger partial charge < -0.3 is 9.64 Å². The van der Waals surface area contributed by atoms with Crippen LogP contribution in [0.4, 0.5) is 5.82 Å². The number of nitrogens with zero attached hydrogens (tertiary/aromatic N) is 4. The van der Waals surface area contributed by atoms with Gasteiger partial charge in [-0.2, -0.15) is 5.26 Å². The van der Waals surface area contributed by atoms with Gasteiger partial charge in [-0.1, -0.05) is 0 Å². The van der Waals surface area contributed by atoms with E-state index in [1.54, 1.807) is 6.20 Å². The number of ether oxygens (including phenoxy) is 1. The van der Waals surface area contributed by atoms with Crippen LogP contribution < -0.4 is 4.90 Å². The number of hydrogen-bond donors (Lipinski definition) is 0. The van der Waals surface area contributed by atoms with Crippen LogP contribution >= 0.6 is 0 Å². The number of nitriles is 1. The summed E-state index contributed by atoms with van der Waals surface area (Å²) in [4.78, 5) is 9.23. The maximum absolute atomic E-state index is 9.23. The molecule has 0 aromatic carbocycles. The first-order valence-corrected chi connectivity index (χ1v) is 8.63. The van der Waals surface area contributed by atoms with Crippen LogP contribution in [0.1, 0.15) is 32.3 Å². The first-order chi connectivity index (χ1) is 11.2. The second-order valence-corrected chi connectivity index (χ2v) is 6.89. The summed E-state index contributed by atoms with van der Waals surface area (Å²) in [5.41, 5.74) is 0.682. The van der Waals surface area contributed by atoms with Crippen molar-refractivity contribution in [3.8, 4) is 6.07 Å². The van der Waals surface area contributed by atoms with Gasteiger partial charge in [-0.15, -0.1) is 0 Å². The molecule has 3 heterocycles. The predicted molar refractivity (Wildman–Crippen MR) is 90.3 cm³/mol. The van der Waals surface area contributed by atoms with Gasteiger partial charge in [-0.25, -0.2) is 4.98 Å². The maximum atomic E-state index is 9.23. The molecular weight excluding hydrogens is 288 g/mol. The van der Waals surface area contributed by atoms with Crippen molar-refractivity contribution in [3.05, 3.63) is 23.9 Å². The van der Waals surface area contributed by atoms with Crippen molar-refractivity contribution in [1.29, 1.82) is 5.26 Å². The lowest BCUT2D eigenvalue weighted by atomic mass is 9.95. The summed E-state index contributed by atoms with van der Waals surface area (Å²) < 4.78 is 5.82. The highest BCUT2D eigenvalue weighted by Crippen LogP contribution is 2.25. The molecule has 2 atom stereocenters. The number of rotatable bonds is 3. The number of anilines is 1. The molecule has 0 aliphatic carbocycles. The minimum Gasteiger partial charge on any atom is -0.373 e. The van der Waals surface area contributed by atoms with Crippen LogP contribution in [0.15, 0.2) is 18.3 Å². The molecule has 124 valence electrons. The second kappa shape index (κ2) is 7.29. The summed E-state index contributed by atoms with van der Waals surface area (Å²) >= 11 is 0. The van der Waals surface area contributed by atoms with Crippen molar-refractivity contribution < 1.29 is 4.74 Å². The molecule has 2 fully saturated rings. The summed E-state index contributed by atoms with van der Waals surface area (Å²) in [5, 5.41) is 9.23. The third-order valence-electron chi connectivity index (χ3n) is 4.83. The topological polar surface area (TPSA) is 52.4 Å². The zero-order chi connectivity index (χ0) is 16.2. The van der Waals surface area contributed by atoms with Gasteiger partial charge in [0, 0.05) is 38.9 Å². The van der Waals surface area contributed by atoms with Gasteiger partial charge in [-0.05, 0) is 44.7 Å². The molecule has 0 saturated carbocycles. The molecule has 2 aliphatic rings. The molecule has 2 aliphatic heterocycles. The van der Waals surface area contributed by atoms with Gasteiger partial charge in [-0.3, -0.25) is 4.90 Å². The third-order valence-corrected chi connectivity index (χ3v) is 4.83. The van der Waals surface area contributed by atoms with E-state index in [4.69, 9.17) is 4.74 Å². The normalized spacial score (nSPS) is 26.9. The number of pyridine rings is 1. The molecule has 0 radical (unpaired) electrons. The molecule has 23 heavy (non-hydrogen) atoms. The van der Waals surface area contributed by atoms with E-state index in [9.17, 15) is 5.26 Å². The SMILES string of the molecule is CC1CN(CC2CCN(c3ncccc3C#N)CC2)CC(C)O1. The summed E-state index contributed by atoms with van der Waals surface area (Å²) in [5.74, 6) is 1.58. The van der Waals surface area contributed by atoms with Gasteiger partial charge in [0.2, 0.25) is 0 Å². The average Bonchev–Trinajstić information content (AvgIpc) is 2.54. The first kappa shape index (κ1) is 16.2. The Morgan fingerprint density at radius 1 is 1.26 bits per heavy atom. The van der Waals surface area contributed by atoms with Gasteiger partial charge in [0.05, 0.1) is 17.8 Å². The molecule has 1 aromatic heterocycles. The van der Waals surface area contributed by atoms with Gasteiger partial charge >= 0.3 is 0 Å². The Morgan fingerprint density at radius 3 is 2.61 bits per heavy atom. The van der Waals surface area contributed by atoms with Crippen molar-refractivity contribution in [2.24, 2.45) is 5.92 Å². The van der Waals surface area contributed by atoms with Crippen molar-refractivity contribution >= 4 is 5.82 Å². The molecular formula is C18H26N4O. The standard InChI is InChI=1S/C18H26N4O/c1-14-11-21(12-15(2)23-14)13-16-5-8-22(9-6-16)18-17(10-19)4-3-7-20-18/h3-4,7,14-16H,5-6,8-9,11-13H2,1-2H3. The first-order valence-electron chi connectivity index (χ1n) is 8.63. The molecule has 0 amide bonds. The third kappa shape index (κ3) is 4.01. The van der Waals surface area contributed by atoms with E-state index in [-0.39, 0.29) is 0 Å². The van der Waals surface area contributed by atoms with Gasteiger partial charge in [0.1, 0.15) is 11.9 Å². The van der Waals surface area contributed by atoms with E-state index < -0.39 is 0 Å². The molecule has 0 spiro atoms. The zero-order valence-corrected chi connectivity index (χ0v) is 14.1. The number of aromatic nitrogens is 1. The van der Waals surface area contributed by atoms with E-state index in [1.165, 1.54) is 19.4 Å². The van der Waals surface area contributed by atoms with Crippen LogP contribution in [0.5, 0.6) is 0 Å². The number of morpholine rings is 1. The van der Waals surface area contributed by atoms with E-state index in [0.29, 0.717) is 17.8 Å². The highest BCUT2D eigenvalue weighted by molar-refractivity contribution is 5.53. The Kier molecular flexibility index (Phi) is 5.14. The Labute approximate surface area is 138 Å². The van der Waals surface area contributed by atoms with Crippen LogP contribution in [0.25, 0.3) is 0 Å². The van der Waals surface area contributed by atoms with Crippen molar-refractivity contribution in [2.45, 2.75) is 38.9 Å². The second-order valence-electron chi connectivity index (χ2n) is 6.89. The van der Waals surface area contributed by atoms with Gasteiger partial charge in [0.25, 0.3) is 0 Å². The predicted octanol–water partition coefficient (Wildman–Crippen LogP) is 2.28. The molecule has 3 rings (SSSR count). The lowest BCUT2D eigenvalue weighted by Crippen LogP contribution is -2.48. The quantitative estimate of drug-likeness (QED) is 0.857.